The second-order valence-electron chi connectivity index (χ2n) is 7.98. The molecule has 2 amide bonds. The third-order valence-electron chi connectivity index (χ3n) is 4.27. The quantitative estimate of drug-likeness (QED) is 0.416. The van der Waals surface area contributed by atoms with E-state index in [1.165, 1.54) is 6.92 Å². The lowest BCUT2D eigenvalue weighted by Crippen LogP contribution is -2.40. The van der Waals surface area contributed by atoms with Crippen LogP contribution >= 0.6 is 0 Å². The fraction of sp³-hybridized carbons (Fsp3) is 0.864. The molecule has 1 aliphatic heterocycles. The zero-order valence-electron chi connectivity index (χ0n) is 19.8. The number of ether oxygens (including phenoxy) is 1. The van der Waals surface area contributed by atoms with E-state index in [2.05, 4.69) is 17.6 Å². The first-order chi connectivity index (χ1) is 13.5. The van der Waals surface area contributed by atoms with Crippen LogP contribution in [0.2, 0.25) is 0 Å². The Morgan fingerprint density at radius 2 is 1.86 bits per heavy atom. The molecule has 7 heteroatoms. The molecule has 0 spiro atoms. The van der Waals surface area contributed by atoms with Gasteiger partial charge in [0.2, 0.25) is 11.8 Å². The topological polar surface area (TPSA) is 105 Å². The van der Waals surface area contributed by atoms with Crippen LogP contribution in [0.5, 0.6) is 0 Å². The summed E-state index contributed by atoms with van der Waals surface area (Å²) in [6.07, 6.45) is 3.02. The van der Waals surface area contributed by atoms with E-state index >= 15 is 0 Å². The van der Waals surface area contributed by atoms with E-state index < -0.39 is 6.10 Å². The smallest absolute Gasteiger partial charge is 0.303 e. The van der Waals surface area contributed by atoms with Gasteiger partial charge >= 0.3 is 5.97 Å². The molecule has 3 atom stereocenters. The summed E-state index contributed by atoms with van der Waals surface area (Å²) in [5, 5.41) is 15.6. The van der Waals surface area contributed by atoms with Gasteiger partial charge < -0.3 is 20.5 Å². The highest BCUT2D eigenvalue weighted by atomic mass is 16.6. The molecule has 1 fully saturated rings. The maximum absolute atomic E-state index is 11.8. The lowest BCUT2D eigenvalue weighted by molar-refractivity contribution is -0.151. The van der Waals surface area contributed by atoms with Gasteiger partial charge in [0.25, 0.3) is 0 Å². The van der Waals surface area contributed by atoms with Crippen molar-refractivity contribution in [1.29, 1.82) is 0 Å². The van der Waals surface area contributed by atoms with Crippen LogP contribution in [0.25, 0.3) is 0 Å². The van der Waals surface area contributed by atoms with Gasteiger partial charge in [0.1, 0.15) is 11.7 Å². The summed E-state index contributed by atoms with van der Waals surface area (Å²) in [5.74, 6) is -0.674. The van der Waals surface area contributed by atoms with Crippen molar-refractivity contribution in [3.63, 3.8) is 0 Å². The van der Waals surface area contributed by atoms with Gasteiger partial charge in [-0.2, -0.15) is 0 Å². The van der Waals surface area contributed by atoms with Gasteiger partial charge in [-0.05, 0) is 46.0 Å². The molecule has 0 aliphatic carbocycles. The molecule has 1 aliphatic rings. The summed E-state index contributed by atoms with van der Waals surface area (Å²) in [6.45, 7) is 16.2. The maximum atomic E-state index is 11.8. The minimum absolute atomic E-state index is 0.0527. The van der Waals surface area contributed by atoms with E-state index in [0.717, 1.165) is 19.3 Å². The molecular weight excluding hydrogens is 372 g/mol. The predicted octanol–water partition coefficient (Wildman–Crippen LogP) is 3.19. The van der Waals surface area contributed by atoms with E-state index in [1.807, 2.05) is 41.5 Å². The third-order valence-corrected chi connectivity index (χ3v) is 4.27. The Morgan fingerprint density at radius 1 is 1.28 bits per heavy atom. The average Bonchev–Trinajstić information content (AvgIpc) is 3.04. The molecule has 0 aromatic rings. The maximum Gasteiger partial charge on any atom is 0.303 e. The number of carbonyl (C=O) groups is 3. The number of nitrogens with one attached hydrogen (secondary N) is 2. The summed E-state index contributed by atoms with van der Waals surface area (Å²) in [6, 6.07) is 0. The van der Waals surface area contributed by atoms with Crippen LogP contribution in [-0.2, 0) is 19.1 Å². The normalized spacial score (nSPS) is 17.6. The molecule has 1 heterocycles. The minimum Gasteiger partial charge on any atom is -0.460 e. The Labute approximate surface area is 177 Å². The second-order valence-corrected chi connectivity index (χ2v) is 7.98. The summed E-state index contributed by atoms with van der Waals surface area (Å²) in [7, 11) is 0. The monoisotopic (exact) mass is 416 g/mol. The number of hydrogen-bond acceptors (Lipinski definition) is 5. The summed E-state index contributed by atoms with van der Waals surface area (Å²) < 4.78 is 4.80. The van der Waals surface area contributed by atoms with Crippen LogP contribution in [-0.4, -0.2) is 47.7 Å². The van der Waals surface area contributed by atoms with Gasteiger partial charge in [0, 0.05) is 25.9 Å². The molecule has 1 rings (SSSR count). The third kappa shape index (κ3) is 14.9. The highest BCUT2D eigenvalue weighted by molar-refractivity contribution is 5.82. The molecule has 3 unspecified atom stereocenters. The van der Waals surface area contributed by atoms with Crippen molar-refractivity contribution < 1.29 is 24.2 Å². The first-order valence-corrected chi connectivity index (χ1v) is 10.9. The number of amides is 2. The Hall–Kier alpha value is -1.63. The molecule has 172 valence electrons. The van der Waals surface area contributed by atoms with Gasteiger partial charge in [0.05, 0.1) is 0 Å². The molecule has 0 aromatic carbocycles. The summed E-state index contributed by atoms with van der Waals surface area (Å²) in [5.41, 5.74) is -0.328. The van der Waals surface area contributed by atoms with Crippen molar-refractivity contribution in [2.75, 3.05) is 13.1 Å². The number of rotatable bonds is 8. The van der Waals surface area contributed by atoms with Gasteiger partial charge in [0.15, 0.2) is 0 Å². The second kappa shape index (κ2) is 16.2. The van der Waals surface area contributed by atoms with Crippen molar-refractivity contribution in [2.45, 2.75) is 99.2 Å². The number of carbonyl (C=O) groups excluding carboxylic acids is 3. The van der Waals surface area contributed by atoms with E-state index in [9.17, 15) is 19.5 Å². The molecule has 7 nitrogen and oxygen atoms in total. The van der Waals surface area contributed by atoms with Crippen molar-refractivity contribution in [3.05, 3.63) is 0 Å². The van der Waals surface area contributed by atoms with Crippen molar-refractivity contribution in [3.8, 4) is 0 Å². The fourth-order valence-electron chi connectivity index (χ4n) is 2.89. The van der Waals surface area contributed by atoms with Crippen LogP contribution < -0.4 is 10.6 Å². The zero-order chi connectivity index (χ0) is 23.0. The molecule has 0 saturated carbocycles. The van der Waals surface area contributed by atoms with Gasteiger partial charge in [-0.3, -0.25) is 14.4 Å². The number of hydrogen-bond donors (Lipinski definition) is 3. The van der Waals surface area contributed by atoms with E-state index in [-0.39, 0.29) is 35.2 Å². The van der Waals surface area contributed by atoms with Crippen LogP contribution in [0.3, 0.4) is 0 Å². The van der Waals surface area contributed by atoms with Gasteiger partial charge in [-0.15, -0.1) is 0 Å². The molecular formula is C22H44N2O5. The number of aliphatic hydroxyl groups is 1. The SMILES string of the molecule is CC.CC(=O)OC(C)(C)C.CCCCNC(=O)C(O)C(CC)CC1CCNC1=O. The molecule has 29 heavy (non-hydrogen) atoms. The van der Waals surface area contributed by atoms with Crippen LogP contribution in [0.4, 0.5) is 0 Å². The van der Waals surface area contributed by atoms with Crippen LogP contribution in [0, 0.1) is 11.8 Å². The molecule has 0 radical (unpaired) electrons. The molecule has 1 saturated heterocycles. The van der Waals surface area contributed by atoms with E-state index in [0.29, 0.717) is 25.9 Å². The highest BCUT2D eigenvalue weighted by Gasteiger charge is 2.32. The first-order valence-electron chi connectivity index (χ1n) is 10.9. The first kappa shape index (κ1) is 29.6. The Morgan fingerprint density at radius 3 is 2.21 bits per heavy atom. The lowest BCUT2D eigenvalue weighted by atomic mass is 9.87. The fourth-order valence-corrected chi connectivity index (χ4v) is 2.89. The van der Waals surface area contributed by atoms with E-state index in [4.69, 9.17) is 4.74 Å². The zero-order valence-corrected chi connectivity index (χ0v) is 19.8. The predicted molar refractivity (Wildman–Crippen MR) is 116 cm³/mol. The lowest BCUT2D eigenvalue weighted by Gasteiger charge is -2.22. The average molecular weight is 417 g/mol. The Bertz CT molecular complexity index is 474. The molecule has 0 aromatic heterocycles. The standard InChI is InChI=1S/C14H26N2O3.C6H12O2.C2H6/c1-3-5-7-15-14(19)12(17)10(4-2)9-11-6-8-16-13(11)18;1-5(7)8-6(2,3)4;1-2/h10-12,17H,3-9H2,1-2H3,(H,15,19)(H,16,18);1-4H3;1-2H3. The highest BCUT2D eigenvalue weighted by Crippen LogP contribution is 2.24. The van der Waals surface area contributed by atoms with Crippen molar-refractivity contribution in [2.24, 2.45) is 11.8 Å². The van der Waals surface area contributed by atoms with Crippen molar-refractivity contribution in [1.82, 2.24) is 10.6 Å². The number of esters is 1. The molecule has 0 bridgehead atoms. The van der Waals surface area contributed by atoms with Gasteiger partial charge in [-0.25, -0.2) is 0 Å². The van der Waals surface area contributed by atoms with E-state index in [1.54, 1.807) is 0 Å². The Balaban J connectivity index is 0. The van der Waals surface area contributed by atoms with Crippen LogP contribution in [0.1, 0.15) is 87.5 Å². The van der Waals surface area contributed by atoms with Gasteiger partial charge in [-0.1, -0.05) is 40.5 Å². The summed E-state index contributed by atoms with van der Waals surface area (Å²) >= 11 is 0. The minimum atomic E-state index is -1.00. The molecule has 3 N–H and O–H groups in total. The Kier molecular flexibility index (Phi) is 16.5. The van der Waals surface area contributed by atoms with Crippen molar-refractivity contribution >= 4 is 17.8 Å². The largest absolute Gasteiger partial charge is 0.460 e. The number of unbranched alkanes of at least 4 members (excludes halogenated alkanes) is 1. The number of aliphatic hydroxyl groups excluding tert-OH is 1. The van der Waals surface area contributed by atoms with Crippen LogP contribution in [0.15, 0.2) is 0 Å². The summed E-state index contributed by atoms with van der Waals surface area (Å²) in [4.78, 5) is 33.6.